The number of rotatable bonds is 4. The van der Waals surface area contributed by atoms with Crippen LogP contribution in [0.25, 0.3) is 11.0 Å². The van der Waals surface area contributed by atoms with Crippen molar-refractivity contribution in [1.29, 1.82) is 0 Å². The predicted molar refractivity (Wildman–Crippen MR) is 160 cm³/mol. The fraction of sp³-hybridized carbons (Fsp3) is 0.758. The number of hydrogen-bond acceptors (Lipinski definition) is 2. The van der Waals surface area contributed by atoms with E-state index in [1.165, 1.54) is 49.5 Å². The highest BCUT2D eigenvalue weighted by Gasteiger charge is 2.64. The largest absolute Gasteiger partial charge is 0.244 e. The highest BCUT2D eigenvalue weighted by atomic mass is 31.1. The van der Waals surface area contributed by atoms with Gasteiger partial charge < -0.3 is 0 Å². The van der Waals surface area contributed by atoms with Gasteiger partial charge in [0.05, 0.1) is 21.9 Å². The molecule has 198 valence electrons. The average Bonchev–Trinajstić information content (AvgIpc) is 2.80. The van der Waals surface area contributed by atoms with Gasteiger partial charge >= 0.3 is 0 Å². The molecule has 2 aromatic rings. The minimum atomic E-state index is -0.383. The van der Waals surface area contributed by atoms with E-state index < -0.39 is 0 Å². The fourth-order valence-electron chi connectivity index (χ4n) is 11.3. The molecule has 0 unspecified atom stereocenters. The molecule has 1 heterocycles. The van der Waals surface area contributed by atoms with Crippen LogP contribution >= 0.6 is 15.8 Å². The van der Waals surface area contributed by atoms with E-state index in [9.17, 15) is 0 Å². The molecule has 0 radical (unpaired) electrons. The molecule has 1 aromatic heterocycles. The zero-order chi connectivity index (χ0) is 25.2. The maximum Gasteiger partial charge on any atom is 0.0908 e. The lowest BCUT2D eigenvalue weighted by Gasteiger charge is -2.67. The van der Waals surface area contributed by atoms with Crippen LogP contribution in [0.3, 0.4) is 0 Å². The summed E-state index contributed by atoms with van der Waals surface area (Å²) in [6, 6.07) is 8.84. The van der Waals surface area contributed by atoms with Crippen LogP contribution < -0.4 is 10.9 Å². The predicted octanol–water partition coefficient (Wildman–Crippen LogP) is 8.21. The van der Waals surface area contributed by atoms with Gasteiger partial charge in [-0.3, -0.25) is 0 Å². The summed E-state index contributed by atoms with van der Waals surface area (Å²) in [4.78, 5) is 11.4. The van der Waals surface area contributed by atoms with E-state index >= 15 is 0 Å². The van der Waals surface area contributed by atoms with E-state index in [2.05, 4.69) is 51.7 Å². The van der Waals surface area contributed by atoms with Crippen molar-refractivity contribution in [2.45, 2.75) is 113 Å². The van der Waals surface area contributed by atoms with Crippen molar-refractivity contribution in [2.75, 3.05) is 6.66 Å². The van der Waals surface area contributed by atoms with E-state index in [1.54, 1.807) is 44.0 Å². The van der Waals surface area contributed by atoms with E-state index in [4.69, 9.17) is 9.97 Å². The number of hydrogen-bond donors (Lipinski definition) is 0. The minimum absolute atomic E-state index is 0.255. The Morgan fingerprint density at radius 3 is 1.32 bits per heavy atom. The Morgan fingerprint density at radius 2 is 0.973 bits per heavy atom. The van der Waals surface area contributed by atoms with E-state index in [-0.39, 0.29) is 21.0 Å². The maximum atomic E-state index is 5.81. The summed E-state index contributed by atoms with van der Waals surface area (Å²) in [6.45, 7) is 9.90. The van der Waals surface area contributed by atoms with Crippen LogP contribution in [0.4, 0.5) is 0 Å². The van der Waals surface area contributed by atoms with Gasteiger partial charge in [-0.25, -0.2) is 9.97 Å². The quantitative estimate of drug-likeness (QED) is 0.371. The molecule has 8 saturated carbocycles. The number of benzene rings is 1. The topological polar surface area (TPSA) is 25.8 Å². The van der Waals surface area contributed by atoms with Gasteiger partial charge in [0.15, 0.2) is 0 Å². The van der Waals surface area contributed by atoms with Crippen LogP contribution in [0.1, 0.15) is 97.8 Å². The Morgan fingerprint density at radius 1 is 0.622 bits per heavy atom. The van der Waals surface area contributed by atoms with Gasteiger partial charge in [-0.2, -0.15) is 0 Å². The second-order valence-corrected chi connectivity index (χ2v) is 21.6. The lowest BCUT2D eigenvalue weighted by Crippen LogP contribution is -2.59. The highest BCUT2D eigenvalue weighted by molar-refractivity contribution is 7.73. The molecule has 0 saturated heterocycles. The number of nitrogens with zero attached hydrogens (tertiary/aromatic N) is 2. The van der Waals surface area contributed by atoms with Crippen LogP contribution in [0.5, 0.6) is 0 Å². The molecular formula is C33H46N2P2. The van der Waals surface area contributed by atoms with Crippen LogP contribution in [-0.4, -0.2) is 32.1 Å². The van der Waals surface area contributed by atoms with Crippen LogP contribution in [0.15, 0.2) is 24.3 Å². The second kappa shape index (κ2) is 8.23. The molecule has 1 aromatic carbocycles. The molecule has 8 aliphatic carbocycles. The minimum Gasteiger partial charge on any atom is -0.244 e. The van der Waals surface area contributed by atoms with Gasteiger partial charge in [0.1, 0.15) is 0 Å². The molecular weight excluding hydrogens is 486 g/mol. The summed E-state index contributed by atoms with van der Waals surface area (Å²) in [5.74, 6) is 6.04. The fourth-order valence-corrected chi connectivity index (χ4v) is 18.3. The first kappa shape index (κ1) is 24.2. The number of fused-ring (bicyclic) bond motifs is 1. The smallest absolute Gasteiger partial charge is 0.0908 e. The highest BCUT2D eigenvalue weighted by Crippen LogP contribution is 2.78. The Balaban J connectivity index is 1.37. The van der Waals surface area contributed by atoms with E-state index in [0.29, 0.717) is 10.3 Å². The summed E-state index contributed by atoms with van der Waals surface area (Å²) in [5.41, 5.74) is 5.33. The summed E-state index contributed by atoms with van der Waals surface area (Å²) in [6.07, 6.45) is 18.4. The summed E-state index contributed by atoms with van der Waals surface area (Å²) < 4.78 is 0. The van der Waals surface area contributed by atoms with Gasteiger partial charge in [0.2, 0.25) is 0 Å². The van der Waals surface area contributed by atoms with Gasteiger partial charge in [0, 0.05) is 0 Å². The first-order valence-electron chi connectivity index (χ1n) is 15.5. The molecule has 8 fully saturated rings. The van der Waals surface area contributed by atoms with Crippen molar-refractivity contribution in [3.05, 3.63) is 24.3 Å². The Labute approximate surface area is 227 Å². The van der Waals surface area contributed by atoms with E-state index in [0.717, 1.165) is 41.0 Å². The summed E-state index contributed by atoms with van der Waals surface area (Å²) in [7, 11) is -0.718. The van der Waals surface area contributed by atoms with Crippen LogP contribution in [0.2, 0.25) is 0 Å². The second-order valence-electron chi connectivity index (χ2n) is 15.7. The maximum absolute atomic E-state index is 5.81. The standard InChI is InChI=1S/C33H46N2P2/c1-31(2,3)36(4)29-30(35-28-8-6-5-7-27(28)34-29)37(32-15-21-9-22(16-32)11-23(10-21)17-32)33-18-24-12-25(19-33)14-26(13-24)20-33/h5-8,21-26H,9-20H2,1-4H3/t21?,22?,23?,24?,25?,26?,32?,33?,36-,37?/m0/s1. The Hall–Kier alpha value is -0.580. The zero-order valence-electron chi connectivity index (χ0n) is 23.5. The van der Waals surface area contributed by atoms with Crippen molar-refractivity contribution in [3.63, 3.8) is 0 Å². The summed E-state index contributed by atoms with van der Waals surface area (Å²) in [5, 5.41) is 1.36. The Bertz CT molecular complexity index is 1110. The zero-order valence-corrected chi connectivity index (χ0v) is 25.3. The molecule has 2 nitrogen and oxygen atoms in total. The Kier molecular flexibility index (Phi) is 5.39. The molecule has 0 aliphatic heterocycles. The molecule has 0 spiro atoms. The molecule has 10 rings (SSSR count). The first-order valence-corrected chi connectivity index (χ1v) is 18.6. The molecule has 0 N–H and O–H groups in total. The lowest BCUT2D eigenvalue weighted by atomic mass is 9.55. The van der Waals surface area contributed by atoms with Gasteiger partial charge in [-0.15, -0.1) is 0 Å². The van der Waals surface area contributed by atoms with E-state index in [1.807, 2.05) is 0 Å². The van der Waals surface area contributed by atoms with Crippen molar-refractivity contribution >= 4 is 37.7 Å². The van der Waals surface area contributed by atoms with Crippen LogP contribution in [0, 0.1) is 35.5 Å². The molecule has 4 heteroatoms. The van der Waals surface area contributed by atoms with Crippen molar-refractivity contribution in [3.8, 4) is 0 Å². The molecule has 1 atom stereocenters. The molecule has 37 heavy (non-hydrogen) atoms. The lowest BCUT2D eigenvalue weighted by molar-refractivity contribution is 0.0195. The van der Waals surface area contributed by atoms with Gasteiger partial charge in [-0.05, 0) is 155 Å². The summed E-state index contributed by atoms with van der Waals surface area (Å²) >= 11 is 0. The van der Waals surface area contributed by atoms with Crippen molar-refractivity contribution < 1.29 is 0 Å². The number of para-hydroxylation sites is 2. The van der Waals surface area contributed by atoms with Crippen molar-refractivity contribution in [1.82, 2.24) is 9.97 Å². The average molecular weight is 533 g/mol. The van der Waals surface area contributed by atoms with Gasteiger partial charge in [0.25, 0.3) is 0 Å². The third-order valence-electron chi connectivity index (χ3n) is 12.0. The SMILES string of the molecule is C[P@@](c1nc2ccccc2nc1P(C12CC3CC(CC(C3)C1)C2)C12CC3CC(CC(C3)C1)C2)C(C)(C)C. The van der Waals surface area contributed by atoms with Crippen LogP contribution in [-0.2, 0) is 0 Å². The molecule has 8 aliphatic rings. The molecule has 8 bridgehead atoms. The van der Waals surface area contributed by atoms with Gasteiger partial charge in [-0.1, -0.05) is 40.8 Å². The van der Waals surface area contributed by atoms with Crippen molar-refractivity contribution in [2.24, 2.45) is 35.5 Å². The number of aromatic nitrogens is 2. The normalized spacial score (nSPS) is 43.5. The monoisotopic (exact) mass is 532 g/mol. The third kappa shape index (κ3) is 3.77. The molecule has 0 amide bonds. The third-order valence-corrected chi connectivity index (χ3v) is 18.9. The first-order chi connectivity index (χ1) is 17.7.